The molecule has 112 valence electrons. The second-order valence-electron chi connectivity index (χ2n) is 4.71. The van der Waals surface area contributed by atoms with Crippen LogP contribution < -0.4 is 5.32 Å². The van der Waals surface area contributed by atoms with Crippen molar-refractivity contribution < 1.29 is 9.53 Å². The van der Waals surface area contributed by atoms with Crippen molar-refractivity contribution in [2.24, 2.45) is 7.05 Å². The Morgan fingerprint density at radius 3 is 2.71 bits per heavy atom. The zero-order valence-corrected chi connectivity index (χ0v) is 12.8. The molecule has 0 bridgehead atoms. The lowest BCUT2D eigenvalue weighted by molar-refractivity contribution is 0.150. The molecule has 0 radical (unpaired) electrons. The van der Waals surface area contributed by atoms with Gasteiger partial charge in [0.15, 0.2) is 0 Å². The lowest BCUT2D eigenvalue weighted by atomic mass is 10.0. The fourth-order valence-electron chi connectivity index (χ4n) is 2.00. The fraction of sp³-hybridized carbons (Fsp3) is 0.333. The molecule has 0 aliphatic heterocycles. The lowest BCUT2D eigenvalue weighted by Gasteiger charge is -2.19. The van der Waals surface area contributed by atoms with Crippen LogP contribution in [0.3, 0.4) is 0 Å². The SMILES string of the molecule is Cc1ccc(C(NC(=O)OCCCl)c2nccn2C)cc1. The van der Waals surface area contributed by atoms with E-state index in [1.807, 2.05) is 49.0 Å². The van der Waals surface area contributed by atoms with Crippen LogP contribution in [0.2, 0.25) is 0 Å². The van der Waals surface area contributed by atoms with Crippen LogP contribution in [-0.4, -0.2) is 28.1 Å². The van der Waals surface area contributed by atoms with Gasteiger partial charge in [-0.2, -0.15) is 0 Å². The number of hydrogen-bond acceptors (Lipinski definition) is 3. The van der Waals surface area contributed by atoms with Crippen molar-refractivity contribution in [2.75, 3.05) is 12.5 Å². The predicted molar refractivity (Wildman–Crippen MR) is 81.4 cm³/mol. The molecule has 0 saturated heterocycles. The van der Waals surface area contributed by atoms with E-state index in [0.29, 0.717) is 0 Å². The van der Waals surface area contributed by atoms with E-state index >= 15 is 0 Å². The minimum atomic E-state index is -0.510. The zero-order valence-electron chi connectivity index (χ0n) is 12.0. The van der Waals surface area contributed by atoms with Gasteiger partial charge >= 0.3 is 6.09 Å². The van der Waals surface area contributed by atoms with Gasteiger partial charge in [-0.15, -0.1) is 11.6 Å². The summed E-state index contributed by atoms with van der Waals surface area (Å²) in [5.74, 6) is 1.01. The number of rotatable bonds is 5. The van der Waals surface area contributed by atoms with Gasteiger partial charge in [0.05, 0.1) is 5.88 Å². The van der Waals surface area contributed by atoms with Gasteiger partial charge in [0.1, 0.15) is 18.5 Å². The number of nitrogens with zero attached hydrogens (tertiary/aromatic N) is 2. The van der Waals surface area contributed by atoms with Gasteiger partial charge in [-0.1, -0.05) is 29.8 Å². The third-order valence-electron chi connectivity index (χ3n) is 3.10. The van der Waals surface area contributed by atoms with Gasteiger partial charge in [0.25, 0.3) is 0 Å². The maximum atomic E-state index is 11.8. The minimum absolute atomic E-state index is 0.175. The summed E-state index contributed by atoms with van der Waals surface area (Å²) in [4.78, 5) is 16.1. The summed E-state index contributed by atoms with van der Waals surface area (Å²) in [5, 5.41) is 2.83. The molecule has 6 heteroatoms. The maximum absolute atomic E-state index is 11.8. The third kappa shape index (κ3) is 3.98. The van der Waals surface area contributed by atoms with Crippen LogP contribution in [0.4, 0.5) is 4.79 Å². The first-order valence-electron chi connectivity index (χ1n) is 6.65. The Kier molecular flexibility index (Phi) is 5.22. The quantitative estimate of drug-likeness (QED) is 0.864. The molecule has 1 aromatic carbocycles. The second kappa shape index (κ2) is 7.13. The Morgan fingerprint density at radius 1 is 1.43 bits per heavy atom. The molecule has 21 heavy (non-hydrogen) atoms. The van der Waals surface area contributed by atoms with Crippen molar-refractivity contribution in [2.45, 2.75) is 13.0 Å². The van der Waals surface area contributed by atoms with Gasteiger partial charge in [0, 0.05) is 19.4 Å². The normalized spacial score (nSPS) is 12.0. The molecule has 1 amide bonds. The Morgan fingerprint density at radius 2 is 2.14 bits per heavy atom. The number of hydrogen-bond donors (Lipinski definition) is 1. The van der Waals surface area contributed by atoms with E-state index in [2.05, 4.69) is 10.3 Å². The van der Waals surface area contributed by atoms with E-state index in [1.54, 1.807) is 6.20 Å². The van der Waals surface area contributed by atoms with Gasteiger partial charge < -0.3 is 14.6 Å². The molecule has 2 rings (SSSR count). The van der Waals surface area contributed by atoms with Gasteiger partial charge in [-0.25, -0.2) is 9.78 Å². The van der Waals surface area contributed by atoms with Crippen LogP contribution in [-0.2, 0) is 11.8 Å². The molecule has 0 saturated carbocycles. The number of alkyl halides is 1. The molecular weight excluding hydrogens is 290 g/mol. The Bertz CT molecular complexity index is 595. The number of carbonyl (C=O) groups is 1. The number of amides is 1. The molecule has 1 aromatic heterocycles. The molecule has 1 unspecified atom stereocenters. The Hall–Kier alpha value is -2.01. The van der Waals surface area contributed by atoms with Crippen molar-refractivity contribution >= 4 is 17.7 Å². The second-order valence-corrected chi connectivity index (χ2v) is 5.09. The Balaban J connectivity index is 2.25. The zero-order chi connectivity index (χ0) is 15.2. The van der Waals surface area contributed by atoms with Crippen molar-refractivity contribution in [3.05, 3.63) is 53.6 Å². The highest BCUT2D eigenvalue weighted by Crippen LogP contribution is 2.21. The van der Waals surface area contributed by atoms with Gasteiger partial charge in [-0.05, 0) is 12.5 Å². The molecule has 2 aromatic rings. The van der Waals surface area contributed by atoms with Crippen molar-refractivity contribution in [1.29, 1.82) is 0 Å². The average Bonchev–Trinajstić information content (AvgIpc) is 2.89. The lowest BCUT2D eigenvalue weighted by Crippen LogP contribution is -2.32. The summed E-state index contributed by atoms with van der Waals surface area (Å²) in [6.45, 7) is 2.19. The van der Waals surface area contributed by atoms with E-state index in [-0.39, 0.29) is 18.5 Å². The third-order valence-corrected chi connectivity index (χ3v) is 3.25. The highest BCUT2D eigenvalue weighted by Gasteiger charge is 2.21. The predicted octanol–water partition coefficient (Wildman–Crippen LogP) is 2.78. The van der Waals surface area contributed by atoms with Crippen molar-refractivity contribution in [3.8, 4) is 0 Å². The molecule has 0 fully saturated rings. The summed E-state index contributed by atoms with van der Waals surface area (Å²) in [6.07, 6.45) is 3.02. The first kappa shape index (κ1) is 15.4. The van der Waals surface area contributed by atoms with Crippen LogP contribution in [0.15, 0.2) is 36.7 Å². The molecule has 1 atom stereocenters. The van der Waals surface area contributed by atoms with Crippen LogP contribution in [0, 0.1) is 6.92 Å². The van der Waals surface area contributed by atoms with Crippen LogP contribution in [0.1, 0.15) is 23.0 Å². The van der Waals surface area contributed by atoms with E-state index in [0.717, 1.165) is 17.0 Å². The van der Waals surface area contributed by atoms with E-state index in [4.69, 9.17) is 16.3 Å². The standard InChI is InChI=1S/C15H18ClN3O2/c1-11-3-5-12(6-4-11)13(14-17-8-9-19(14)2)18-15(20)21-10-7-16/h3-6,8-9,13H,7,10H2,1-2H3,(H,18,20). The summed E-state index contributed by atoms with van der Waals surface area (Å²) < 4.78 is 6.85. The number of imidazole rings is 1. The van der Waals surface area contributed by atoms with Crippen molar-refractivity contribution in [1.82, 2.24) is 14.9 Å². The number of halogens is 1. The molecule has 0 aliphatic carbocycles. The van der Waals surface area contributed by atoms with E-state index < -0.39 is 6.09 Å². The summed E-state index contributed by atoms with van der Waals surface area (Å²) in [6, 6.07) is 7.56. The molecule has 0 spiro atoms. The van der Waals surface area contributed by atoms with E-state index in [9.17, 15) is 4.79 Å². The molecule has 1 heterocycles. The Labute approximate surface area is 128 Å². The first-order chi connectivity index (χ1) is 10.1. The monoisotopic (exact) mass is 307 g/mol. The number of nitrogens with one attached hydrogen (secondary N) is 1. The maximum Gasteiger partial charge on any atom is 0.408 e. The number of carbonyl (C=O) groups excluding carboxylic acids is 1. The highest BCUT2D eigenvalue weighted by molar-refractivity contribution is 6.18. The number of benzene rings is 1. The number of aryl methyl sites for hydroxylation is 2. The molecule has 5 nitrogen and oxygen atoms in total. The van der Waals surface area contributed by atoms with Crippen molar-refractivity contribution in [3.63, 3.8) is 0 Å². The molecular formula is C15H18ClN3O2. The van der Waals surface area contributed by atoms with Crippen LogP contribution in [0.25, 0.3) is 0 Å². The van der Waals surface area contributed by atoms with Gasteiger partial charge in [-0.3, -0.25) is 0 Å². The number of aromatic nitrogens is 2. The largest absolute Gasteiger partial charge is 0.448 e. The van der Waals surface area contributed by atoms with Crippen LogP contribution in [0.5, 0.6) is 0 Å². The summed E-state index contributed by atoms with van der Waals surface area (Å²) in [7, 11) is 1.88. The number of ether oxygens (including phenoxy) is 1. The van der Waals surface area contributed by atoms with Crippen LogP contribution >= 0.6 is 11.6 Å². The fourth-order valence-corrected chi connectivity index (χ4v) is 2.08. The summed E-state index contributed by atoms with van der Waals surface area (Å²) >= 11 is 5.52. The summed E-state index contributed by atoms with van der Waals surface area (Å²) in [5.41, 5.74) is 2.10. The number of alkyl carbamates (subject to hydrolysis) is 1. The topological polar surface area (TPSA) is 56.1 Å². The minimum Gasteiger partial charge on any atom is -0.448 e. The molecule has 0 aliphatic rings. The first-order valence-corrected chi connectivity index (χ1v) is 7.18. The highest BCUT2D eigenvalue weighted by atomic mass is 35.5. The van der Waals surface area contributed by atoms with Gasteiger partial charge in [0.2, 0.25) is 0 Å². The molecule has 1 N–H and O–H groups in total. The smallest absolute Gasteiger partial charge is 0.408 e. The van der Waals surface area contributed by atoms with E-state index in [1.165, 1.54) is 0 Å². The average molecular weight is 308 g/mol.